The van der Waals surface area contributed by atoms with E-state index in [1.165, 1.54) is 37.7 Å². The summed E-state index contributed by atoms with van der Waals surface area (Å²) < 4.78 is 0.525. The molecule has 1 N–H and O–H groups in total. The highest BCUT2D eigenvalue weighted by atomic mass is 79.9. The fourth-order valence-electron chi connectivity index (χ4n) is 2.96. The van der Waals surface area contributed by atoms with E-state index in [0.717, 1.165) is 12.1 Å². The Balaban J connectivity index is 2.28. The van der Waals surface area contributed by atoms with Crippen LogP contribution in [0.5, 0.6) is 0 Å². The largest absolute Gasteiger partial charge is 0.316 e. The van der Waals surface area contributed by atoms with Crippen molar-refractivity contribution < 1.29 is 4.92 Å². The minimum absolute atomic E-state index is 0.121. The van der Waals surface area contributed by atoms with Crippen LogP contribution in [-0.4, -0.2) is 18.5 Å². The summed E-state index contributed by atoms with van der Waals surface area (Å²) in [6.07, 6.45) is 8.47. The zero-order valence-corrected chi connectivity index (χ0v) is 13.9. The summed E-state index contributed by atoms with van der Waals surface area (Å²) >= 11 is 3.23. The molecule has 0 unspecified atom stereocenters. The number of benzene rings is 1. The van der Waals surface area contributed by atoms with Gasteiger partial charge in [-0.1, -0.05) is 37.0 Å². The molecule has 114 valence electrons. The van der Waals surface area contributed by atoms with Crippen LogP contribution in [0.15, 0.2) is 28.2 Å². The number of hydrogen-bond acceptors (Lipinski definition) is 3. The van der Waals surface area contributed by atoms with Gasteiger partial charge in [-0.15, -0.1) is 0 Å². The Kier molecular flexibility index (Phi) is 5.94. The highest BCUT2D eigenvalue weighted by Crippen LogP contribution is 2.32. The molecule has 1 aliphatic rings. The van der Waals surface area contributed by atoms with Crippen LogP contribution >= 0.6 is 15.9 Å². The zero-order chi connectivity index (χ0) is 15.2. The molecule has 0 atom stereocenters. The Morgan fingerprint density at radius 1 is 1.43 bits per heavy atom. The fraction of sp³-hybridized carbons (Fsp3) is 0.500. The second-order valence-corrected chi connectivity index (χ2v) is 6.41. The third-order valence-corrected chi connectivity index (χ3v) is 4.70. The molecular formula is C16H21BrN2O2. The number of rotatable bonds is 5. The Labute approximate surface area is 133 Å². The van der Waals surface area contributed by atoms with E-state index in [9.17, 15) is 10.1 Å². The lowest BCUT2D eigenvalue weighted by atomic mass is 9.83. The second-order valence-electron chi connectivity index (χ2n) is 5.55. The van der Waals surface area contributed by atoms with Crippen LogP contribution in [0, 0.1) is 16.0 Å². The van der Waals surface area contributed by atoms with Crippen molar-refractivity contribution in [1.29, 1.82) is 0 Å². The van der Waals surface area contributed by atoms with Crippen molar-refractivity contribution in [2.75, 3.05) is 13.6 Å². The first-order valence-corrected chi connectivity index (χ1v) is 8.20. The Morgan fingerprint density at radius 3 is 2.76 bits per heavy atom. The first kappa shape index (κ1) is 16.2. The number of nitrogens with zero attached hydrogens (tertiary/aromatic N) is 1. The molecule has 0 heterocycles. The molecule has 4 nitrogen and oxygen atoms in total. The zero-order valence-electron chi connectivity index (χ0n) is 12.3. The topological polar surface area (TPSA) is 55.2 Å². The molecule has 0 saturated heterocycles. The average molecular weight is 353 g/mol. The van der Waals surface area contributed by atoms with Gasteiger partial charge < -0.3 is 5.32 Å². The molecule has 2 rings (SSSR count). The van der Waals surface area contributed by atoms with Crippen molar-refractivity contribution in [3.8, 4) is 0 Å². The molecule has 1 aromatic rings. The van der Waals surface area contributed by atoms with Crippen LogP contribution in [-0.2, 0) is 0 Å². The lowest BCUT2D eigenvalue weighted by Crippen LogP contribution is -2.19. The third kappa shape index (κ3) is 4.38. The van der Waals surface area contributed by atoms with Gasteiger partial charge in [-0.2, -0.15) is 0 Å². The van der Waals surface area contributed by atoms with E-state index >= 15 is 0 Å². The summed E-state index contributed by atoms with van der Waals surface area (Å²) in [4.78, 5) is 10.7. The van der Waals surface area contributed by atoms with Crippen LogP contribution in [0.4, 0.5) is 5.69 Å². The molecule has 0 aliphatic heterocycles. The van der Waals surface area contributed by atoms with Crippen LogP contribution in [0.25, 0.3) is 6.08 Å². The molecule has 0 radical (unpaired) electrons. The highest BCUT2D eigenvalue weighted by molar-refractivity contribution is 9.10. The number of likely N-dealkylation sites (N-methyl/N-ethyl adjacent to an activating group) is 1. The average Bonchev–Trinajstić information content (AvgIpc) is 2.49. The molecule has 1 aromatic carbocycles. The lowest BCUT2D eigenvalue weighted by molar-refractivity contribution is -0.385. The maximum Gasteiger partial charge on any atom is 0.284 e. The summed E-state index contributed by atoms with van der Waals surface area (Å²) in [7, 11) is 1.95. The van der Waals surface area contributed by atoms with Gasteiger partial charge in [0.15, 0.2) is 0 Å². The maximum absolute atomic E-state index is 11.0. The molecule has 21 heavy (non-hydrogen) atoms. The van der Waals surface area contributed by atoms with Crippen molar-refractivity contribution in [3.63, 3.8) is 0 Å². The van der Waals surface area contributed by atoms with Gasteiger partial charge in [0.25, 0.3) is 5.69 Å². The van der Waals surface area contributed by atoms with Gasteiger partial charge in [0.2, 0.25) is 0 Å². The van der Waals surface area contributed by atoms with Gasteiger partial charge in [-0.3, -0.25) is 10.1 Å². The maximum atomic E-state index is 11.0. The van der Waals surface area contributed by atoms with Crippen molar-refractivity contribution in [2.45, 2.75) is 32.1 Å². The van der Waals surface area contributed by atoms with Crippen LogP contribution in [0.1, 0.15) is 37.7 Å². The molecular weight excluding hydrogens is 332 g/mol. The van der Waals surface area contributed by atoms with Crippen LogP contribution in [0.2, 0.25) is 0 Å². The summed E-state index contributed by atoms with van der Waals surface area (Å²) in [5.74, 6) is 0.605. The quantitative estimate of drug-likeness (QED) is 0.625. The first-order valence-electron chi connectivity index (χ1n) is 7.41. The molecule has 1 saturated carbocycles. The molecule has 0 amide bonds. The molecule has 1 fully saturated rings. The number of nitrogens with one attached hydrogen (secondary N) is 1. The van der Waals surface area contributed by atoms with E-state index in [4.69, 9.17) is 0 Å². The standard InChI is InChI=1S/C16H21BrN2O2/c1-18-11-14(13-5-3-2-4-6-13)9-12-7-8-15(17)16(10-12)19(20)21/h7-10,13,18H,2-6,11H2,1H3/b14-9-. The first-order chi connectivity index (χ1) is 10.1. The SMILES string of the molecule is CNC/C(=C/c1ccc(Br)c([N+](=O)[O-])c1)C1CCCCC1. The highest BCUT2D eigenvalue weighted by Gasteiger charge is 2.18. The summed E-state index contributed by atoms with van der Waals surface area (Å²) in [5.41, 5.74) is 2.38. The third-order valence-electron chi connectivity index (χ3n) is 4.03. The van der Waals surface area contributed by atoms with Crippen LogP contribution < -0.4 is 5.32 Å². The van der Waals surface area contributed by atoms with Crippen molar-refractivity contribution in [3.05, 3.63) is 43.9 Å². The lowest BCUT2D eigenvalue weighted by Gasteiger charge is -2.24. The predicted molar refractivity (Wildman–Crippen MR) is 89.3 cm³/mol. The van der Waals surface area contributed by atoms with Gasteiger partial charge in [-0.25, -0.2) is 0 Å². The second kappa shape index (κ2) is 7.71. The molecule has 0 aromatic heterocycles. The number of nitro benzene ring substituents is 1. The number of hydrogen-bond donors (Lipinski definition) is 1. The summed E-state index contributed by atoms with van der Waals surface area (Å²) in [6.45, 7) is 0.842. The Morgan fingerprint density at radius 2 is 2.14 bits per heavy atom. The van der Waals surface area contributed by atoms with Gasteiger partial charge >= 0.3 is 0 Å². The van der Waals surface area contributed by atoms with Gasteiger partial charge in [0.05, 0.1) is 9.40 Å². The molecule has 5 heteroatoms. The smallest absolute Gasteiger partial charge is 0.284 e. The van der Waals surface area contributed by atoms with Crippen molar-refractivity contribution in [1.82, 2.24) is 5.32 Å². The van der Waals surface area contributed by atoms with E-state index in [0.29, 0.717) is 10.4 Å². The predicted octanol–water partition coefficient (Wildman–Crippen LogP) is 4.54. The minimum atomic E-state index is -0.347. The van der Waals surface area contributed by atoms with E-state index in [-0.39, 0.29) is 10.6 Å². The molecule has 0 bridgehead atoms. The number of nitro groups is 1. The Hall–Kier alpha value is -1.20. The van der Waals surface area contributed by atoms with Gasteiger partial charge in [0.1, 0.15) is 0 Å². The minimum Gasteiger partial charge on any atom is -0.316 e. The van der Waals surface area contributed by atoms with E-state index in [1.807, 2.05) is 13.1 Å². The van der Waals surface area contributed by atoms with Crippen molar-refractivity contribution in [2.24, 2.45) is 5.92 Å². The summed E-state index contributed by atoms with van der Waals surface area (Å²) in [5, 5.41) is 14.3. The molecule has 1 aliphatic carbocycles. The molecule has 0 spiro atoms. The monoisotopic (exact) mass is 352 g/mol. The van der Waals surface area contributed by atoms with E-state index in [1.54, 1.807) is 12.1 Å². The number of halogens is 1. The normalized spacial score (nSPS) is 17.0. The van der Waals surface area contributed by atoms with Gasteiger partial charge in [-0.05, 0) is 53.4 Å². The fourth-order valence-corrected chi connectivity index (χ4v) is 3.36. The van der Waals surface area contributed by atoms with E-state index in [2.05, 4.69) is 27.3 Å². The summed E-state index contributed by atoms with van der Waals surface area (Å²) in [6, 6.07) is 5.32. The van der Waals surface area contributed by atoms with Crippen molar-refractivity contribution >= 4 is 27.7 Å². The van der Waals surface area contributed by atoms with E-state index < -0.39 is 0 Å². The van der Waals surface area contributed by atoms with Crippen LogP contribution in [0.3, 0.4) is 0 Å². The Bertz CT molecular complexity index is 537. The van der Waals surface area contributed by atoms with Gasteiger partial charge in [0, 0.05) is 12.6 Å².